The SMILES string of the molecule is O=C(O)c1cccc(OCCN2CC(O)C(O)C2)c1. The van der Waals surface area contributed by atoms with Gasteiger partial charge < -0.3 is 20.1 Å². The van der Waals surface area contributed by atoms with Crippen molar-refractivity contribution in [1.29, 1.82) is 0 Å². The fourth-order valence-electron chi connectivity index (χ4n) is 2.04. The highest BCUT2D eigenvalue weighted by Gasteiger charge is 2.28. The molecule has 2 atom stereocenters. The second-order valence-corrected chi connectivity index (χ2v) is 4.58. The second kappa shape index (κ2) is 6.01. The number of rotatable bonds is 5. The van der Waals surface area contributed by atoms with Gasteiger partial charge in [-0.2, -0.15) is 0 Å². The summed E-state index contributed by atoms with van der Waals surface area (Å²) in [6.45, 7) is 1.81. The summed E-state index contributed by atoms with van der Waals surface area (Å²) in [6, 6.07) is 6.29. The fourth-order valence-corrected chi connectivity index (χ4v) is 2.04. The van der Waals surface area contributed by atoms with Crippen LogP contribution in [-0.2, 0) is 0 Å². The van der Waals surface area contributed by atoms with Gasteiger partial charge in [0.1, 0.15) is 12.4 Å². The third kappa shape index (κ3) is 3.66. The lowest BCUT2D eigenvalue weighted by molar-refractivity contribution is 0.0572. The lowest BCUT2D eigenvalue weighted by Gasteiger charge is -2.15. The molecule has 0 radical (unpaired) electrons. The molecule has 1 fully saturated rings. The van der Waals surface area contributed by atoms with Crippen molar-refractivity contribution >= 4 is 5.97 Å². The highest BCUT2D eigenvalue weighted by molar-refractivity contribution is 5.87. The van der Waals surface area contributed by atoms with E-state index in [2.05, 4.69) is 0 Å². The van der Waals surface area contributed by atoms with Gasteiger partial charge in [0.25, 0.3) is 0 Å². The molecule has 0 spiro atoms. The lowest BCUT2D eigenvalue weighted by Crippen LogP contribution is -2.27. The summed E-state index contributed by atoms with van der Waals surface area (Å²) in [6.07, 6.45) is -1.40. The number of carbonyl (C=O) groups is 1. The maximum absolute atomic E-state index is 10.8. The van der Waals surface area contributed by atoms with Crippen LogP contribution in [0.3, 0.4) is 0 Å². The summed E-state index contributed by atoms with van der Waals surface area (Å²) in [7, 11) is 0. The Labute approximate surface area is 110 Å². The van der Waals surface area contributed by atoms with Gasteiger partial charge in [0, 0.05) is 19.6 Å². The van der Waals surface area contributed by atoms with Gasteiger partial charge in [-0.05, 0) is 18.2 Å². The quantitative estimate of drug-likeness (QED) is 0.684. The van der Waals surface area contributed by atoms with Crippen LogP contribution in [0.2, 0.25) is 0 Å². The number of hydrogen-bond acceptors (Lipinski definition) is 5. The van der Waals surface area contributed by atoms with Crippen molar-refractivity contribution in [3.8, 4) is 5.75 Å². The number of carboxylic acids is 1. The average molecular weight is 267 g/mol. The molecule has 0 aromatic heterocycles. The second-order valence-electron chi connectivity index (χ2n) is 4.58. The molecule has 0 bridgehead atoms. The molecule has 3 N–H and O–H groups in total. The van der Waals surface area contributed by atoms with E-state index in [1.54, 1.807) is 12.1 Å². The minimum Gasteiger partial charge on any atom is -0.492 e. The van der Waals surface area contributed by atoms with Crippen molar-refractivity contribution in [3.05, 3.63) is 29.8 Å². The van der Waals surface area contributed by atoms with Crippen LogP contribution in [0.1, 0.15) is 10.4 Å². The molecule has 6 nitrogen and oxygen atoms in total. The Kier molecular flexibility index (Phi) is 4.36. The van der Waals surface area contributed by atoms with E-state index >= 15 is 0 Å². The van der Waals surface area contributed by atoms with Crippen molar-refractivity contribution in [2.75, 3.05) is 26.2 Å². The zero-order chi connectivity index (χ0) is 13.8. The van der Waals surface area contributed by atoms with Gasteiger partial charge in [0.2, 0.25) is 0 Å². The maximum Gasteiger partial charge on any atom is 0.335 e. The van der Waals surface area contributed by atoms with Gasteiger partial charge in [0.15, 0.2) is 0 Å². The van der Waals surface area contributed by atoms with E-state index in [0.29, 0.717) is 32.0 Å². The molecule has 2 unspecified atom stereocenters. The van der Waals surface area contributed by atoms with Crippen molar-refractivity contribution in [2.45, 2.75) is 12.2 Å². The van der Waals surface area contributed by atoms with Gasteiger partial charge in [-0.15, -0.1) is 0 Å². The predicted octanol–water partition coefficient (Wildman–Crippen LogP) is -0.199. The number of β-amino-alcohol motifs (C(OH)–C–C–N with tert-alkyl or cyclic N) is 2. The molecule has 1 aliphatic heterocycles. The molecular weight excluding hydrogens is 250 g/mol. The Morgan fingerprint density at radius 3 is 2.63 bits per heavy atom. The smallest absolute Gasteiger partial charge is 0.335 e. The summed E-state index contributed by atoms with van der Waals surface area (Å²) < 4.78 is 5.46. The summed E-state index contributed by atoms with van der Waals surface area (Å²) in [5.41, 5.74) is 0.185. The molecule has 1 aromatic rings. The maximum atomic E-state index is 10.8. The number of nitrogens with zero attached hydrogens (tertiary/aromatic N) is 1. The van der Waals surface area contributed by atoms with E-state index in [1.807, 2.05) is 4.90 Å². The van der Waals surface area contributed by atoms with Gasteiger partial charge >= 0.3 is 5.97 Å². The van der Waals surface area contributed by atoms with Crippen LogP contribution in [0.4, 0.5) is 0 Å². The molecule has 0 saturated carbocycles. The Balaban J connectivity index is 1.80. The molecule has 0 aliphatic carbocycles. The van der Waals surface area contributed by atoms with Crippen molar-refractivity contribution < 1.29 is 24.9 Å². The first kappa shape index (κ1) is 13.8. The van der Waals surface area contributed by atoms with Crippen molar-refractivity contribution in [2.24, 2.45) is 0 Å². The first-order valence-electron chi connectivity index (χ1n) is 6.11. The fraction of sp³-hybridized carbons (Fsp3) is 0.462. The van der Waals surface area contributed by atoms with Crippen molar-refractivity contribution in [3.63, 3.8) is 0 Å². The highest BCUT2D eigenvalue weighted by atomic mass is 16.5. The number of aromatic carboxylic acids is 1. The summed E-state index contributed by atoms with van der Waals surface area (Å²) in [4.78, 5) is 12.7. The molecular formula is C13H17NO5. The van der Waals surface area contributed by atoms with Gasteiger partial charge in [-0.25, -0.2) is 4.79 Å². The molecule has 0 amide bonds. The molecule has 19 heavy (non-hydrogen) atoms. The van der Waals surface area contributed by atoms with Gasteiger partial charge in [0.05, 0.1) is 17.8 Å². The third-order valence-electron chi connectivity index (χ3n) is 3.09. The number of carboxylic acid groups (broad SMARTS) is 1. The monoisotopic (exact) mass is 267 g/mol. The molecule has 1 heterocycles. The third-order valence-corrected chi connectivity index (χ3v) is 3.09. The largest absolute Gasteiger partial charge is 0.492 e. The van der Waals surface area contributed by atoms with Crippen LogP contribution in [0, 0.1) is 0 Å². The van der Waals surface area contributed by atoms with E-state index in [0.717, 1.165) is 0 Å². The molecule has 2 rings (SSSR count). The van der Waals surface area contributed by atoms with Gasteiger partial charge in [-0.3, -0.25) is 4.90 Å². The van der Waals surface area contributed by atoms with E-state index in [1.165, 1.54) is 12.1 Å². The van der Waals surface area contributed by atoms with Gasteiger partial charge in [-0.1, -0.05) is 6.07 Å². The van der Waals surface area contributed by atoms with E-state index in [-0.39, 0.29) is 5.56 Å². The number of benzene rings is 1. The number of likely N-dealkylation sites (tertiary alicyclic amines) is 1. The Bertz CT molecular complexity index is 440. The number of ether oxygens (including phenoxy) is 1. The lowest BCUT2D eigenvalue weighted by atomic mass is 10.2. The van der Waals surface area contributed by atoms with Crippen LogP contribution in [0.5, 0.6) is 5.75 Å². The van der Waals surface area contributed by atoms with Crippen molar-refractivity contribution in [1.82, 2.24) is 4.90 Å². The zero-order valence-electron chi connectivity index (χ0n) is 10.4. The first-order valence-corrected chi connectivity index (χ1v) is 6.11. The number of aliphatic hydroxyl groups excluding tert-OH is 2. The minimum absolute atomic E-state index is 0.185. The Hall–Kier alpha value is -1.63. The van der Waals surface area contributed by atoms with Crippen LogP contribution < -0.4 is 4.74 Å². The zero-order valence-corrected chi connectivity index (χ0v) is 10.4. The van der Waals surface area contributed by atoms with E-state index in [4.69, 9.17) is 9.84 Å². The van der Waals surface area contributed by atoms with Crippen LogP contribution in [0.25, 0.3) is 0 Å². The Morgan fingerprint density at radius 1 is 1.32 bits per heavy atom. The molecule has 104 valence electrons. The molecule has 6 heteroatoms. The number of hydrogen-bond donors (Lipinski definition) is 3. The Morgan fingerprint density at radius 2 is 2.00 bits per heavy atom. The van der Waals surface area contributed by atoms with Crippen LogP contribution in [0.15, 0.2) is 24.3 Å². The van der Waals surface area contributed by atoms with E-state index < -0.39 is 18.2 Å². The summed E-state index contributed by atoms with van der Waals surface area (Å²) >= 11 is 0. The summed E-state index contributed by atoms with van der Waals surface area (Å²) in [5, 5.41) is 27.6. The topological polar surface area (TPSA) is 90.2 Å². The summed E-state index contributed by atoms with van der Waals surface area (Å²) in [5.74, 6) is -0.489. The highest BCUT2D eigenvalue weighted by Crippen LogP contribution is 2.14. The normalized spacial score (nSPS) is 23.5. The molecule has 1 saturated heterocycles. The first-order chi connectivity index (χ1) is 9.06. The minimum atomic E-state index is -0.990. The molecule has 1 aliphatic rings. The average Bonchev–Trinajstić information content (AvgIpc) is 2.69. The van der Waals surface area contributed by atoms with Crippen LogP contribution >= 0.6 is 0 Å². The molecule has 1 aromatic carbocycles. The predicted molar refractivity (Wildman–Crippen MR) is 67.3 cm³/mol. The standard InChI is InChI=1S/C13H17NO5/c15-11-7-14(8-12(11)16)4-5-19-10-3-1-2-9(6-10)13(17)18/h1-3,6,11-12,15-16H,4-5,7-8H2,(H,17,18). The number of aliphatic hydroxyl groups is 2. The van der Waals surface area contributed by atoms with E-state index in [9.17, 15) is 15.0 Å². The van der Waals surface area contributed by atoms with Crippen LogP contribution in [-0.4, -0.2) is 64.6 Å².